The number of carbonyl (C=O) groups excluding carboxylic acids is 1. The summed E-state index contributed by atoms with van der Waals surface area (Å²) in [5.41, 5.74) is 5.32. The van der Waals surface area contributed by atoms with E-state index in [1.807, 2.05) is 61.2 Å². The molecule has 0 bridgehead atoms. The number of anilines is 1. The summed E-state index contributed by atoms with van der Waals surface area (Å²) in [7, 11) is 0. The number of hydrogen-bond acceptors (Lipinski definition) is 5. The molecule has 7 heteroatoms. The van der Waals surface area contributed by atoms with Gasteiger partial charge in [-0.2, -0.15) is 0 Å². The lowest BCUT2D eigenvalue weighted by Gasteiger charge is -2.26. The number of rotatable bonds is 9. The minimum Gasteiger partial charge on any atom is -0.309 e. The third-order valence-corrected chi connectivity index (χ3v) is 6.80. The molecule has 180 valence electrons. The zero-order chi connectivity index (χ0) is 24.8. The van der Waals surface area contributed by atoms with E-state index in [4.69, 9.17) is 0 Å². The Balaban J connectivity index is 1.74. The highest BCUT2D eigenvalue weighted by Gasteiger charge is 2.24. The number of amides is 1. The quantitative estimate of drug-likeness (QED) is 0.273. The van der Waals surface area contributed by atoms with Gasteiger partial charge in [0.15, 0.2) is 11.0 Å². The van der Waals surface area contributed by atoms with Gasteiger partial charge in [-0.05, 0) is 62.1 Å². The van der Waals surface area contributed by atoms with E-state index in [1.54, 1.807) is 12.4 Å². The second kappa shape index (κ2) is 11.3. The highest BCUT2D eigenvalue weighted by molar-refractivity contribution is 7.99. The fourth-order valence-corrected chi connectivity index (χ4v) is 5.06. The second-order valence-corrected chi connectivity index (χ2v) is 9.44. The number of pyridine rings is 1. The molecule has 0 fully saturated rings. The SMILES string of the molecule is CCc1cccc(CC)c1-n1c(SCC(=O)N(c2ccccc2)C(C)C)nnc1-c1cccnc1. The summed E-state index contributed by atoms with van der Waals surface area (Å²) < 4.78 is 2.11. The number of hydrogen-bond donors (Lipinski definition) is 0. The van der Waals surface area contributed by atoms with Gasteiger partial charge in [0.25, 0.3) is 0 Å². The van der Waals surface area contributed by atoms with Gasteiger partial charge in [-0.25, -0.2) is 0 Å². The lowest BCUT2D eigenvalue weighted by molar-refractivity contribution is -0.116. The van der Waals surface area contributed by atoms with Crippen LogP contribution in [-0.2, 0) is 17.6 Å². The number of thioether (sulfide) groups is 1. The number of benzene rings is 2. The van der Waals surface area contributed by atoms with Crippen LogP contribution in [-0.4, -0.2) is 37.5 Å². The van der Waals surface area contributed by atoms with E-state index in [2.05, 4.69) is 51.8 Å². The van der Waals surface area contributed by atoms with Crippen molar-refractivity contribution < 1.29 is 4.79 Å². The molecule has 0 atom stereocenters. The molecule has 0 spiro atoms. The maximum Gasteiger partial charge on any atom is 0.237 e. The average Bonchev–Trinajstić information content (AvgIpc) is 3.31. The molecule has 0 saturated carbocycles. The first-order valence-electron chi connectivity index (χ1n) is 12.0. The molecule has 0 aliphatic heterocycles. The van der Waals surface area contributed by atoms with Crippen molar-refractivity contribution in [2.24, 2.45) is 0 Å². The van der Waals surface area contributed by atoms with Gasteiger partial charge in [-0.15, -0.1) is 10.2 Å². The van der Waals surface area contributed by atoms with Gasteiger partial charge in [0.1, 0.15) is 0 Å². The van der Waals surface area contributed by atoms with E-state index in [0.29, 0.717) is 5.16 Å². The van der Waals surface area contributed by atoms with Gasteiger partial charge in [-0.3, -0.25) is 14.3 Å². The van der Waals surface area contributed by atoms with Crippen LogP contribution >= 0.6 is 11.8 Å². The van der Waals surface area contributed by atoms with Gasteiger partial charge in [0, 0.05) is 29.7 Å². The number of nitrogens with zero attached hydrogens (tertiary/aromatic N) is 5. The summed E-state index contributed by atoms with van der Waals surface area (Å²) in [6, 6.07) is 20.1. The van der Waals surface area contributed by atoms with E-state index in [9.17, 15) is 4.79 Å². The molecule has 4 aromatic rings. The fourth-order valence-electron chi connectivity index (χ4n) is 4.26. The van der Waals surface area contributed by atoms with Crippen LogP contribution < -0.4 is 4.90 Å². The number of para-hydroxylation sites is 2. The molecule has 0 unspecified atom stereocenters. The van der Waals surface area contributed by atoms with Gasteiger partial charge >= 0.3 is 0 Å². The van der Waals surface area contributed by atoms with E-state index in [0.717, 1.165) is 35.6 Å². The van der Waals surface area contributed by atoms with E-state index in [-0.39, 0.29) is 17.7 Å². The van der Waals surface area contributed by atoms with Crippen LogP contribution in [0, 0.1) is 0 Å². The number of carbonyl (C=O) groups is 1. The van der Waals surface area contributed by atoms with Crippen molar-refractivity contribution in [3.05, 3.63) is 84.2 Å². The molecule has 35 heavy (non-hydrogen) atoms. The summed E-state index contributed by atoms with van der Waals surface area (Å²) in [5.74, 6) is 1.02. The number of aryl methyl sites for hydroxylation is 2. The molecule has 2 aromatic heterocycles. The summed E-state index contributed by atoms with van der Waals surface area (Å²) in [4.78, 5) is 19.5. The van der Waals surface area contributed by atoms with E-state index >= 15 is 0 Å². The van der Waals surface area contributed by atoms with Crippen molar-refractivity contribution in [3.8, 4) is 17.1 Å². The maximum atomic E-state index is 13.4. The molecule has 4 rings (SSSR count). The van der Waals surface area contributed by atoms with E-state index < -0.39 is 0 Å². The van der Waals surface area contributed by atoms with Crippen LogP contribution in [0.5, 0.6) is 0 Å². The fraction of sp³-hybridized carbons (Fsp3) is 0.286. The van der Waals surface area contributed by atoms with Gasteiger partial charge in [0.2, 0.25) is 5.91 Å². The molecule has 2 heterocycles. The van der Waals surface area contributed by atoms with E-state index in [1.165, 1.54) is 22.9 Å². The Morgan fingerprint density at radius 1 is 0.943 bits per heavy atom. The van der Waals surface area contributed by atoms with Crippen LogP contribution in [0.15, 0.2) is 78.2 Å². The van der Waals surface area contributed by atoms with Crippen LogP contribution in [0.2, 0.25) is 0 Å². The molecule has 0 aliphatic carbocycles. The van der Waals surface area contributed by atoms with Crippen LogP contribution in [0.25, 0.3) is 17.1 Å². The molecule has 6 nitrogen and oxygen atoms in total. The molecular formula is C28H31N5OS. The topological polar surface area (TPSA) is 63.9 Å². The summed E-state index contributed by atoms with van der Waals surface area (Å²) >= 11 is 1.42. The van der Waals surface area contributed by atoms with Gasteiger partial charge < -0.3 is 4.90 Å². The molecule has 2 aromatic carbocycles. The largest absolute Gasteiger partial charge is 0.309 e. The smallest absolute Gasteiger partial charge is 0.237 e. The summed E-state index contributed by atoms with van der Waals surface area (Å²) in [6.07, 6.45) is 5.31. The lowest BCUT2D eigenvalue weighted by atomic mass is 10.0. The van der Waals surface area contributed by atoms with Gasteiger partial charge in [0.05, 0.1) is 11.4 Å². The number of aromatic nitrogens is 4. The Kier molecular flexibility index (Phi) is 7.98. The van der Waals surface area contributed by atoms with Crippen molar-refractivity contribution in [3.63, 3.8) is 0 Å². The van der Waals surface area contributed by atoms with Crippen LogP contribution in [0.4, 0.5) is 5.69 Å². The van der Waals surface area contributed by atoms with Crippen LogP contribution in [0.1, 0.15) is 38.8 Å². The predicted octanol–water partition coefficient (Wildman–Crippen LogP) is 5.99. The van der Waals surface area contributed by atoms with Gasteiger partial charge in [-0.1, -0.05) is 62.0 Å². The average molecular weight is 486 g/mol. The molecule has 0 aliphatic rings. The second-order valence-electron chi connectivity index (χ2n) is 8.50. The highest BCUT2D eigenvalue weighted by atomic mass is 32.2. The highest BCUT2D eigenvalue weighted by Crippen LogP contribution is 2.32. The van der Waals surface area contributed by atoms with Crippen molar-refractivity contribution in [1.29, 1.82) is 0 Å². The first-order valence-corrected chi connectivity index (χ1v) is 13.0. The monoisotopic (exact) mass is 485 g/mol. The Hall–Kier alpha value is -3.45. The first-order chi connectivity index (χ1) is 17.0. The molecule has 0 saturated heterocycles. The van der Waals surface area contributed by atoms with Crippen molar-refractivity contribution >= 4 is 23.4 Å². The Bertz CT molecular complexity index is 1250. The Morgan fingerprint density at radius 3 is 2.26 bits per heavy atom. The minimum absolute atomic E-state index is 0.0353. The lowest BCUT2D eigenvalue weighted by Crippen LogP contribution is -2.38. The molecule has 0 N–H and O–H groups in total. The third-order valence-electron chi connectivity index (χ3n) is 5.89. The Labute approximate surface area is 211 Å². The third kappa shape index (κ3) is 5.30. The summed E-state index contributed by atoms with van der Waals surface area (Å²) in [6.45, 7) is 8.37. The van der Waals surface area contributed by atoms with Crippen molar-refractivity contribution in [1.82, 2.24) is 19.7 Å². The minimum atomic E-state index is 0.0353. The van der Waals surface area contributed by atoms with Crippen LogP contribution in [0.3, 0.4) is 0 Å². The first kappa shape index (κ1) is 24.7. The van der Waals surface area contributed by atoms with Crippen molar-refractivity contribution in [2.45, 2.75) is 51.7 Å². The molecule has 0 radical (unpaired) electrons. The zero-order valence-corrected chi connectivity index (χ0v) is 21.5. The predicted molar refractivity (Wildman–Crippen MR) is 143 cm³/mol. The zero-order valence-electron chi connectivity index (χ0n) is 20.7. The maximum absolute atomic E-state index is 13.4. The van der Waals surface area contributed by atoms with Crippen molar-refractivity contribution in [2.75, 3.05) is 10.7 Å². The standard InChI is InChI=1S/C28H31N5OS/c1-5-21-12-10-13-22(6-2)26(21)33-27(23-14-11-17-29-18-23)30-31-28(33)35-19-25(34)32(20(3)4)24-15-8-7-9-16-24/h7-18,20H,5-6,19H2,1-4H3. The summed E-state index contributed by atoms with van der Waals surface area (Å²) in [5, 5.41) is 9.80. The Morgan fingerprint density at radius 2 is 1.66 bits per heavy atom. The molecule has 1 amide bonds. The normalized spacial score (nSPS) is 11.1. The molecular weight excluding hydrogens is 454 g/mol.